The summed E-state index contributed by atoms with van der Waals surface area (Å²) < 4.78 is 2.00. The number of aromatic nitrogens is 1. The molecule has 0 spiro atoms. The van der Waals surface area contributed by atoms with Gasteiger partial charge in [0.1, 0.15) is 5.69 Å². The molecule has 0 radical (unpaired) electrons. The Morgan fingerprint density at radius 1 is 0.963 bits per heavy atom. The van der Waals surface area contributed by atoms with Crippen LogP contribution in [0.1, 0.15) is 21.6 Å². The standard InChI is InChI=1S/C22H24ClN3O/c1-15-4-7-19-17(12-15)13-21(24(19)3)22(27)26-10-8-25(9-11-26)20-14-18(23)6-5-16(20)2/h4-7,12-14H,8-11H2,1-3H3. The maximum absolute atomic E-state index is 13.1. The third kappa shape index (κ3) is 3.30. The average Bonchev–Trinajstić information content (AvgIpc) is 2.99. The highest BCUT2D eigenvalue weighted by Crippen LogP contribution is 2.26. The van der Waals surface area contributed by atoms with E-state index in [-0.39, 0.29) is 5.91 Å². The maximum Gasteiger partial charge on any atom is 0.270 e. The number of fused-ring (bicyclic) bond motifs is 1. The van der Waals surface area contributed by atoms with E-state index in [2.05, 4.69) is 36.9 Å². The van der Waals surface area contributed by atoms with Crippen LogP contribution < -0.4 is 4.90 Å². The van der Waals surface area contributed by atoms with Gasteiger partial charge in [-0.3, -0.25) is 4.79 Å². The van der Waals surface area contributed by atoms with E-state index in [0.717, 1.165) is 40.4 Å². The number of amides is 1. The van der Waals surface area contributed by atoms with E-state index in [1.54, 1.807) is 0 Å². The van der Waals surface area contributed by atoms with Gasteiger partial charge in [0.15, 0.2) is 0 Å². The molecule has 4 rings (SSSR count). The van der Waals surface area contributed by atoms with E-state index in [1.165, 1.54) is 11.1 Å². The molecule has 1 fully saturated rings. The molecule has 1 saturated heterocycles. The van der Waals surface area contributed by atoms with E-state index in [9.17, 15) is 4.79 Å². The lowest BCUT2D eigenvalue weighted by molar-refractivity contribution is 0.0737. The highest BCUT2D eigenvalue weighted by Gasteiger charge is 2.25. The van der Waals surface area contributed by atoms with Crippen molar-refractivity contribution in [2.45, 2.75) is 13.8 Å². The number of piperazine rings is 1. The molecule has 2 heterocycles. The molecule has 1 aliphatic heterocycles. The third-order valence-electron chi connectivity index (χ3n) is 5.50. The first-order valence-electron chi connectivity index (χ1n) is 9.30. The van der Waals surface area contributed by atoms with Gasteiger partial charge in [0.05, 0.1) is 0 Å². The van der Waals surface area contributed by atoms with Crippen LogP contribution in [0.2, 0.25) is 5.02 Å². The summed E-state index contributed by atoms with van der Waals surface area (Å²) in [5, 5.41) is 1.87. The molecule has 0 N–H and O–H groups in total. The van der Waals surface area contributed by atoms with Crippen molar-refractivity contribution in [3.05, 3.63) is 64.3 Å². The van der Waals surface area contributed by atoms with Crippen LogP contribution in [0.15, 0.2) is 42.5 Å². The average molecular weight is 382 g/mol. The van der Waals surface area contributed by atoms with Crippen LogP contribution >= 0.6 is 11.6 Å². The first-order valence-corrected chi connectivity index (χ1v) is 9.68. The number of benzene rings is 2. The van der Waals surface area contributed by atoms with Crippen molar-refractivity contribution in [3.8, 4) is 0 Å². The summed E-state index contributed by atoms with van der Waals surface area (Å²) in [4.78, 5) is 17.4. The number of hydrogen-bond acceptors (Lipinski definition) is 2. The fourth-order valence-corrected chi connectivity index (χ4v) is 4.08. The first kappa shape index (κ1) is 17.9. The zero-order chi connectivity index (χ0) is 19.1. The number of carbonyl (C=O) groups is 1. The van der Waals surface area contributed by atoms with Gasteiger partial charge >= 0.3 is 0 Å². The van der Waals surface area contributed by atoms with E-state index >= 15 is 0 Å². The van der Waals surface area contributed by atoms with Crippen molar-refractivity contribution in [2.75, 3.05) is 31.1 Å². The molecule has 0 aliphatic carbocycles. The van der Waals surface area contributed by atoms with Crippen LogP contribution in [-0.2, 0) is 7.05 Å². The lowest BCUT2D eigenvalue weighted by atomic mass is 10.1. The Bertz CT molecular complexity index is 1020. The van der Waals surface area contributed by atoms with Crippen molar-refractivity contribution in [2.24, 2.45) is 7.05 Å². The summed E-state index contributed by atoms with van der Waals surface area (Å²) in [6.07, 6.45) is 0. The van der Waals surface area contributed by atoms with Crippen LogP contribution in [0, 0.1) is 13.8 Å². The molecular weight excluding hydrogens is 358 g/mol. The Labute approximate surface area is 164 Å². The number of aryl methyl sites for hydroxylation is 3. The smallest absolute Gasteiger partial charge is 0.270 e. The largest absolute Gasteiger partial charge is 0.368 e. The second-order valence-corrected chi connectivity index (χ2v) is 7.80. The van der Waals surface area contributed by atoms with Crippen LogP contribution in [0.3, 0.4) is 0 Å². The number of halogens is 1. The number of rotatable bonds is 2. The zero-order valence-corrected chi connectivity index (χ0v) is 16.8. The summed E-state index contributed by atoms with van der Waals surface area (Å²) in [6, 6.07) is 14.3. The molecule has 4 nitrogen and oxygen atoms in total. The Kier molecular flexibility index (Phi) is 4.60. The summed E-state index contributed by atoms with van der Waals surface area (Å²) in [5.41, 5.74) is 5.43. The van der Waals surface area contributed by atoms with Crippen molar-refractivity contribution < 1.29 is 4.79 Å². The number of hydrogen-bond donors (Lipinski definition) is 0. The van der Waals surface area contributed by atoms with Crippen LogP contribution in [-0.4, -0.2) is 41.6 Å². The minimum Gasteiger partial charge on any atom is -0.368 e. The van der Waals surface area contributed by atoms with Gasteiger partial charge in [-0.15, -0.1) is 0 Å². The fraction of sp³-hybridized carbons (Fsp3) is 0.318. The minimum atomic E-state index is 0.105. The van der Waals surface area contributed by atoms with Crippen molar-refractivity contribution in [3.63, 3.8) is 0 Å². The van der Waals surface area contributed by atoms with E-state index in [0.29, 0.717) is 13.1 Å². The second kappa shape index (κ2) is 6.93. The molecule has 27 heavy (non-hydrogen) atoms. The van der Waals surface area contributed by atoms with Gasteiger partial charge in [-0.05, 0) is 49.7 Å². The van der Waals surface area contributed by atoms with Crippen LogP contribution in [0.25, 0.3) is 10.9 Å². The minimum absolute atomic E-state index is 0.105. The predicted octanol–water partition coefficient (Wildman–Crippen LogP) is 4.41. The highest BCUT2D eigenvalue weighted by molar-refractivity contribution is 6.30. The van der Waals surface area contributed by atoms with Crippen molar-refractivity contribution >= 4 is 34.1 Å². The monoisotopic (exact) mass is 381 g/mol. The Balaban J connectivity index is 1.52. The number of nitrogens with zero attached hydrogens (tertiary/aromatic N) is 3. The fourth-order valence-electron chi connectivity index (χ4n) is 3.91. The van der Waals surface area contributed by atoms with Crippen LogP contribution in [0.4, 0.5) is 5.69 Å². The molecule has 140 valence electrons. The van der Waals surface area contributed by atoms with E-state index in [4.69, 9.17) is 11.6 Å². The summed E-state index contributed by atoms with van der Waals surface area (Å²) in [5.74, 6) is 0.105. The lowest BCUT2D eigenvalue weighted by Gasteiger charge is -2.37. The van der Waals surface area contributed by atoms with Gasteiger partial charge in [-0.1, -0.05) is 29.3 Å². The second-order valence-electron chi connectivity index (χ2n) is 7.36. The highest BCUT2D eigenvalue weighted by atomic mass is 35.5. The number of carbonyl (C=O) groups excluding carboxylic acids is 1. The summed E-state index contributed by atoms with van der Waals surface area (Å²) in [7, 11) is 1.97. The predicted molar refractivity (Wildman–Crippen MR) is 112 cm³/mol. The molecular formula is C22H24ClN3O. The normalized spacial score (nSPS) is 14.8. The molecule has 0 atom stereocenters. The quantitative estimate of drug-likeness (QED) is 0.657. The molecule has 0 saturated carbocycles. The summed E-state index contributed by atoms with van der Waals surface area (Å²) in [6.45, 7) is 7.23. The molecule has 1 amide bonds. The van der Waals surface area contributed by atoms with Crippen molar-refractivity contribution in [1.29, 1.82) is 0 Å². The van der Waals surface area contributed by atoms with Gasteiger partial charge < -0.3 is 14.4 Å². The van der Waals surface area contributed by atoms with E-state index in [1.807, 2.05) is 40.8 Å². The summed E-state index contributed by atoms with van der Waals surface area (Å²) >= 11 is 6.17. The lowest BCUT2D eigenvalue weighted by Crippen LogP contribution is -2.49. The zero-order valence-electron chi connectivity index (χ0n) is 16.0. The van der Waals surface area contributed by atoms with Gasteiger partial charge in [0, 0.05) is 54.8 Å². The molecule has 3 aromatic rings. The van der Waals surface area contributed by atoms with E-state index < -0.39 is 0 Å². The maximum atomic E-state index is 13.1. The Morgan fingerprint density at radius 2 is 1.70 bits per heavy atom. The molecule has 0 unspecified atom stereocenters. The van der Waals surface area contributed by atoms with Gasteiger partial charge in [-0.25, -0.2) is 0 Å². The van der Waals surface area contributed by atoms with Crippen molar-refractivity contribution in [1.82, 2.24) is 9.47 Å². The Hall–Kier alpha value is -2.46. The third-order valence-corrected chi connectivity index (χ3v) is 5.73. The van der Waals surface area contributed by atoms with Gasteiger partial charge in [-0.2, -0.15) is 0 Å². The molecule has 1 aromatic heterocycles. The Morgan fingerprint density at radius 3 is 2.44 bits per heavy atom. The topological polar surface area (TPSA) is 28.5 Å². The van der Waals surface area contributed by atoms with Crippen LogP contribution in [0.5, 0.6) is 0 Å². The molecule has 1 aliphatic rings. The molecule has 0 bridgehead atoms. The number of anilines is 1. The molecule has 2 aromatic carbocycles. The first-order chi connectivity index (χ1) is 12.9. The van der Waals surface area contributed by atoms with Gasteiger partial charge in [0.2, 0.25) is 0 Å². The SMILES string of the molecule is Cc1ccc2c(c1)cc(C(=O)N1CCN(c3cc(Cl)ccc3C)CC1)n2C. The van der Waals surface area contributed by atoms with Gasteiger partial charge in [0.25, 0.3) is 5.91 Å². The molecule has 5 heteroatoms.